The van der Waals surface area contributed by atoms with E-state index in [0.29, 0.717) is 28.7 Å². The molecule has 3 aromatic carbocycles. The number of nitrogens with one attached hydrogen (secondary N) is 2. The highest BCUT2D eigenvalue weighted by atomic mass is 35.5. The Hall–Kier alpha value is -4.28. The zero-order chi connectivity index (χ0) is 28.2. The molecule has 7 nitrogen and oxygen atoms in total. The lowest BCUT2D eigenvalue weighted by atomic mass is 9.89. The van der Waals surface area contributed by atoms with Gasteiger partial charge in [0.05, 0.1) is 23.8 Å². The molecule has 0 bridgehead atoms. The fraction of sp³-hybridized carbons (Fsp3) is 0.258. The molecule has 39 heavy (non-hydrogen) atoms. The van der Waals surface area contributed by atoms with Gasteiger partial charge in [0.15, 0.2) is 11.5 Å². The van der Waals surface area contributed by atoms with E-state index in [1.165, 1.54) is 6.21 Å². The molecule has 0 heterocycles. The second-order valence-electron chi connectivity index (χ2n) is 8.97. The van der Waals surface area contributed by atoms with Gasteiger partial charge < -0.3 is 14.8 Å². The summed E-state index contributed by atoms with van der Waals surface area (Å²) in [5, 5.41) is 7.31. The van der Waals surface area contributed by atoms with Crippen molar-refractivity contribution in [2.24, 2.45) is 11.0 Å². The maximum absolute atomic E-state index is 13.5. The highest BCUT2D eigenvalue weighted by Gasteiger charge is 2.29. The Morgan fingerprint density at radius 1 is 1.00 bits per heavy atom. The summed E-state index contributed by atoms with van der Waals surface area (Å²) in [6.07, 6.45) is 6.72. The Bertz CT molecular complexity index is 1280. The largest absolute Gasteiger partial charge is 0.490 e. The molecule has 2 amide bonds. The summed E-state index contributed by atoms with van der Waals surface area (Å²) in [5.74, 6) is 1.66. The van der Waals surface area contributed by atoms with Crippen LogP contribution in [0.2, 0.25) is 5.02 Å². The van der Waals surface area contributed by atoms with E-state index < -0.39 is 17.9 Å². The molecule has 0 aliphatic carbocycles. The van der Waals surface area contributed by atoms with Gasteiger partial charge in [-0.05, 0) is 41.7 Å². The fourth-order valence-electron chi connectivity index (χ4n) is 3.98. The number of carbonyl (C=O) groups is 2. The third kappa shape index (κ3) is 8.10. The Kier molecular flexibility index (Phi) is 11.0. The Labute approximate surface area is 234 Å². The zero-order valence-electron chi connectivity index (χ0n) is 22.2. The van der Waals surface area contributed by atoms with Crippen molar-refractivity contribution < 1.29 is 19.1 Å². The zero-order valence-corrected chi connectivity index (χ0v) is 22.9. The Balaban J connectivity index is 1.76. The molecule has 0 saturated carbocycles. The highest BCUT2D eigenvalue weighted by molar-refractivity contribution is 6.32. The number of benzene rings is 3. The third-order valence-electron chi connectivity index (χ3n) is 5.79. The van der Waals surface area contributed by atoms with Gasteiger partial charge in [0.25, 0.3) is 5.91 Å². The van der Waals surface area contributed by atoms with Gasteiger partial charge in [0.1, 0.15) is 12.6 Å². The number of hydrogen-bond acceptors (Lipinski definition) is 5. The van der Waals surface area contributed by atoms with Crippen molar-refractivity contribution in [1.82, 2.24) is 10.7 Å². The second kappa shape index (κ2) is 14.6. The third-order valence-corrected chi connectivity index (χ3v) is 6.08. The van der Waals surface area contributed by atoms with E-state index in [9.17, 15) is 9.59 Å². The molecular formula is C31H32ClN3O4. The van der Waals surface area contributed by atoms with E-state index in [-0.39, 0.29) is 18.4 Å². The van der Waals surface area contributed by atoms with Crippen molar-refractivity contribution >= 4 is 29.6 Å². The van der Waals surface area contributed by atoms with E-state index in [2.05, 4.69) is 21.8 Å². The number of terminal acetylenes is 1. The van der Waals surface area contributed by atoms with E-state index in [0.717, 1.165) is 11.1 Å². The molecular weight excluding hydrogens is 514 g/mol. The molecule has 0 radical (unpaired) electrons. The minimum absolute atomic E-state index is 0.0427. The summed E-state index contributed by atoms with van der Waals surface area (Å²) in [6, 6.07) is 21.4. The summed E-state index contributed by atoms with van der Waals surface area (Å²) in [6.45, 7) is 5.98. The number of carbonyl (C=O) groups excluding carboxylic acids is 2. The summed E-state index contributed by atoms with van der Waals surface area (Å²) < 4.78 is 11.1. The van der Waals surface area contributed by atoms with Crippen LogP contribution in [-0.4, -0.2) is 37.3 Å². The van der Waals surface area contributed by atoms with Crippen molar-refractivity contribution in [1.29, 1.82) is 0 Å². The number of hydrogen-bond donors (Lipinski definition) is 2. The standard InChI is InChI=1S/C31H32ClN3O4/c1-5-17-39-29-25(32)18-22(19-26(29)38-6-2)20-33-35-31(37)28(21(3)4)34-30(36)27(23-13-9-7-10-14-23)24-15-11-8-12-16-24/h1,7-16,18-21,27-28H,6,17H2,2-4H3,(H,34,36)(H,35,37)/b33-20-/t28-/m1/s1. The van der Waals surface area contributed by atoms with Crippen molar-refractivity contribution in [3.05, 3.63) is 94.5 Å². The average Bonchev–Trinajstić information content (AvgIpc) is 2.92. The fourth-order valence-corrected chi connectivity index (χ4v) is 4.25. The minimum atomic E-state index is -0.813. The average molecular weight is 546 g/mol. The molecule has 8 heteroatoms. The topological polar surface area (TPSA) is 89.0 Å². The first-order valence-corrected chi connectivity index (χ1v) is 13.0. The first-order chi connectivity index (χ1) is 18.8. The van der Waals surface area contributed by atoms with Crippen molar-refractivity contribution in [2.45, 2.75) is 32.7 Å². The lowest BCUT2D eigenvalue weighted by molar-refractivity contribution is -0.130. The summed E-state index contributed by atoms with van der Waals surface area (Å²) in [5.41, 5.74) is 4.77. The summed E-state index contributed by atoms with van der Waals surface area (Å²) in [7, 11) is 0. The molecule has 2 N–H and O–H groups in total. The van der Waals surface area contributed by atoms with Crippen molar-refractivity contribution in [3.63, 3.8) is 0 Å². The first kappa shape index (κ1) is 29.3. The van der Waals surface area contributed by atoms with Crippen LogP contribution < -0.4 is 20.2 Å². The van der Waals surface area contributed by atoms with E-state index in [4.69, 9.17) is 27.5 Å². The van der Waals surface area contributed by atoms with Crippen LogP contribution in [0.15, 0.2) is 77.9 Å². The van der Waals surface area contributed by atoms with Gasteiger partial charge in [-0.25, -0.2) is 5.43 Å². The number of ether oxygens (including phenoxy) is 2. The maximum atomic E-state index is 13.5. The van der Waals surface area contributed by atoms with E-state index in [1.54, 1.807) is 12.1 Å². The predicted octanol–water partition coefficient (Wildman–Crippen LogP) is 5.17. The van der Waals surface area contributed by atoms with Crippen LogP contribution in [0.4, 0.5) is 0 Å². The van der Waals surface area contributed by atoms with Crippen LogP contribution in [0.1, 0.15) is 43.4 Å². The van der Waals surface area contributed by atoms with Crippen molar-refractivity contribution in [3.8, 4) is 23.8 Å². The number of rotatable bonds is 12. The Morgan fingerprint density at radius 3 is 2.15 bits per heavy atom. The normalized spacial score (nSPS) is 11.7. The quantitative estimate of drug-likeness (QED) is 0.187. The molecule has 0 aliphatic rings. The molecule has 3 aromatic rings. The summed E-state index contributed by atoms with van der Waals surface area (Å²) >= 11 is 6.36. The monoisotopic (exact) mass is 545 g/mol. The smallest absolute Gasteiger partial charge is 0.262 e. The van der Waals surface area contributed by atoms with Gasteiger partial charge in [0.2, 0.25) is 5.91 Å². The highest BCUT2D eigenvalue weighted by Crippen LogP contribution is 2.36. The number of halogens is 1. The molecule has 0 fully saturated rings. The molecule has 3 rings (SSSR count). The van der Waals surface area contributed by atoms with Gasteiger partial charge in [-0.15, -0.1) is 6.42 Å². The molecule has 202 valence electrons. The molecule has 0 aliphatic heterocycles. The van der Waals surface area contributed by atoms with E-state index >= 15 is 0 Å². The molecule has 0 aromatic heterocycles. The van der Waals surface area contributed by atoms with Crippen molar-refractivity contribution in [2.75, 3.05) is 13.2 Å². The number of hydrazone groups is 1. The van der Waals surface area contributed by atoms with Crippen LogP contribution >= 0.6 is 11.6 Å². The van der Waals surface area contributed by atoms with Gasteiger partial charge in [-0.3, -0.25) is 9.59 Å². The minimum Gasteiger partial charge on any atom is -0.490 e. The molecule has 0 unspecified atom stereocenters. The lowest BCUT2D eigenvalue weighted by Gasteiger charge is -2.24. The molecule has 0 saturated heterocycles. The lowest BCUT2D eigenvalue weighted by Crippen LogP contribution is -2.50. The Morgan fingerprint density at radius 2 is 1.62 bits per heavy atom. The van der Waals surface area contributed by atoms with Gasteiger partial charge in [-0.2, -0.15) is 5.10 Å². The van der Waals surface area contributed by atoms with Crippen LogP contribution in [-0.2, 0) is 9.59 Å². The van der Waals surface area contributed by atoms with Crippen LogP contribution in [0.25, 0.3) is 0 Å². The SMILES string of the molecule is C#CCOc1c(Cl)cc(/C=N\NC(=O)[C@H](NC(=O)C(c2ccccc2)c2ccccc2)C(C)C)cc1OCC. The van der Waals surface area contributed by atoms with Crippen LogP contribution in [0.3, 0.4) is 0 Å². The van der Waals surface area contributed by atoms with Crippen LogP contribution in [0.5, 0.6) is 11.5 Å². The maximum Gasteiger partial charge on any atom is 0.262 e. The molecule has 1 atom stereocenters. The van der Waals surface area contributed by atoms with E-state index in [1.807, 2.05) is 81.4 Å². The van der Waals surface area contributed by atoms with Gasteiger partial charge in [0, 0.05) is 0 Å². The van der Waals surface area contributed by atoms with Gasteiger partial charge >= 0.3 is 0 Å². The van der Waals surface area contributed by atoms with Crippen LogP contribution in [0, 0.1) is 18.3 Å². The summed E-state index contributed by atoms with van der Waals surface area (Å²) in [4.78, 5) is 26.6. The number of nitrogens with zero attached hydrogens (tertiary/aromatic N) is 1. The van der Waals surface area contributed by atoms with Gasteiger partial charge in [-0.1, -0.05) is 92.0 Å². The molecule has 0 spiro atoms. The number of amides is 2. The second-order valence-corrected chi connectivity index (χ2v) is 9.38. The predicted molar refractivity (Wildman–Crippen MR) is 154 cm³/mol. The first-order valence-electron chi connectivity index (χ1n) is 12.6.